The van der Waals surface area contributed by atoms with Gasteiger partial charge < -0.3 is 15.4 Å². The fraction of sp³-hybridized carbons (Fsp3) is 0.385. The fourth-order valence-corrected chi connectivity index (χ4v) is 5.23. The number of hydrogen-bond acceptors (Lipinski definition) is 6. The van der Waals surface area contributed by atoms with Crippen molar-refractivity contribution in [2.24, 2.45) is 5.92 Å². The van der Waals surface area contributed by atoms with E-state index >= 15 is 0 Å². The van der Waals surface area contributed by atoms with E-state index in [4.69, 9.17) is 10.5 Å². The first kappa shape index (κ1) is 24.0. The molecular formula is C26H24F3N5O2. The highest BCUT2D eigenvalue weighted by molar-refractivity contribution is 5.99. The second kappa shape index (κ2) is 9.06. The molecular weight excluding hydrogens is 471 g/mol. The van der Waals surface area contributed by atoms with Crippen molar-refractivity contribution in [2.45, 2.75) is 57.7 Å². The summed E-state index contributed by atoms with van der Waals surface area (Å²) >= 11 is 0. The van der Waals surface area contributed by atoms with Crippen molar-refractivity contribution in [3.63, 3.8) is 0 Å². The van der Waals surface area contributed by atoms with Gasteiger partial charge in [0.2, 0.25) is 0 Å². The second-order valence-corrected chi connectivity index (χ2v) is 9.28. The molecule has 2 aliphatic rings. The van der Waals surface area contributed by atoms with Crippen LogP contribution in [0.25, 0.3) is 10.9 Å². The minimum absolute atomic E-state index is 0.00387. The molecule has 1 aromatic carbocycles. The summed E-state index contributed by atoms with van der Waals surface area (Å²) in [4.78, 5) is 23.8. The van der Waals surface area contributed by atoms with Gasteiger partial charge in [0.15, 0.2) is 0 Å². The zero-order valence-electron chi connectivity index (χ0n) is 19.5. The number of alkyl halides is 3. The number of nitrogens with two attached hydrogens (primary N) is 1. The van der Waals surface area contributed by atoms with Crippen molar-refractivity contribution in [3.8, 4) is 6.07 Å². The van der Waals surface area contributed by atoms with Gasteiger partial charge in [0.1, 0.15) is 5.82 Å². The zero-order chi connectivity index (χ0) is 25.6. The molecule has 2 aromatic heterocycles. The van der Waals surface area contributed by atoms with Crippen LogP contribution in [0.3, 0.4) is 0 Å². The number of anilines is 1. The lowest BCUT2D eigenvalue weighted by molar-refractivity contribution is -0.137. The van der Waals surface area contributed by atoms with E-state index in [1.165, 1.54) is 6.07 Å². The summed E-state index contributed by atoms with van der Waals surface area (Å²) in [6, 6.07) is 9.30. The van der Waals surface area contributed by atoms with Crippen molar-refractivity contribution in [1.29, 1.82) is 5.26 Å². The fourth-order valence-electron chi connectivity index (χ4n) is 5.23. The molecule has 0 saturated heterocycles. The van der Waals surface area contributed by atoms with Gasteiger partial charge in [-0.2, -0.15) is 18.4 Å². The van der Waals surface area contributed by atoms with Gasteiger partial charge in [0, 0.05) is 28.8 Å². The Hall–Kier alpha value is -3.71. The molecule has 1 amide bonds. The Morgan fingerprint density at radius 3 is 2.78 bits per heavy atom. The zero-order valence-corrected chi connectivity index (χ0v) is 19.5. The van der Waals surface area contributed by atoms with Crippen LogP contribution in [-0.2, 0) is 24.1 Å². The highest BCUT2D eigenvalue weighted by Crippen LogP contribution is 2.39. The predicted octanol–water partition coefficient (Wildman–Crippen LogP) is 5.16. The maximum absolute atomic E-state index is 13.8. The number of aromatic nitrogens is 2. The van der Waals surface area contributed by atoms with Crippen LogP contribution in [-0.4, -0.2) is 26.8 Å². The molecule has 186 valence electrons. The maximum atomic E-state index is 13.8. The monoisotopic (exact) mass is 495 g/mol. The maximum Gasteiger partial charge on any atom is 0.417 e. The highest BCUT2D eigenvalue weighted by Gasteiger charge is 2.36. The number of hydrogen-bond donors (Lipinski definition) is 1. The van der Waals surface area contributed by atoms with E-state index in [-0.39, 0.29) is 30.5 Å². The summed E-state index contributed by atoms with van der Waals surface area (Å²) in [5.41, 5.74) is 8.35. The molecule has 7 nitrogen and oxygen atoms in total. The molecule has 36 heavy (non-hydrogen) atoms. The lowest BCUT2D eigenvalue weighted by atomic mass is 9.98. The molecule has 3 atom stereocenters. The van der Waals surface area contributed by atoms with E-state index in [0.717, 1.165) is 35.2 Å². The number of benzene rings is 1. The summed E-state index contributed by atoms with van der Waals surface area (Å²) in [5, 5.41) is 10.4. The van der Waals surface area contributed by atoms with Crippen molar-refractivity contribution < 1.29 is 22.7 Å². The van der Waals surface area contributed by atoms with Gasteiger partial charge in [0.05, 0.1) is 48.0 Å². The van der Waals surface area contributed by atoms with E-state index in [0.29, 0.717) is 42.0 Å². The number of rotatable bonds is 4. The van der Waals surface area contributed by atoms with Gasteiger partial charge in [-0.15, -0.1) is 0 Å². The summed E-state index contributed by atoms with van der Waals surface area (Å²) in [6.07, 6.45) is -1.84. The molecule has 1 fully saturated rings. The van der Waals surface area contributed by atoms with Crippen LogP contribution in [0.4, 0.5) is 19.0 Å². The Bertz CT molecular complexity index is 1370. The van der Waals surface area contributed by atoms with Crippen LogP contribution < -0.4 is 5.73 Å². The molecule has 3 heterocycles. The largest absolute Gasteiger partial charge is 0.417 e. The van der Waals surface area contributed by atoms with Crippen LogP contribution in [0, 0.1) is 17.2 Å². The summed E-state index contributed by atoms with van der Waals surface area (Å²) in [7, 11) is 0. The molecule has 1 aliphatic carbocycles. The number of fused-ring (bicyclic) bond motifs is 3. The van der Waals surface area contributed by atoms with Crippen molar-refractivity contribution in [3.05, 3.63) is 64.5 Å². The summed E-state index contributed by atoms with van der Waals surface area (Å²) < 4.78 is 44.7. The number of carbonyl (C=O) groups is 1. The number of carbonyl (C=O) groups excluding carboxylic acids is 1. The molecule has 0 spiro atoms. The predicted molar refractivity (Wildman–Crippen MR) is 125 cm³/mol. The molecule has 2 N–H and O–H groups in total. The number of ether oxygens (including phenoxy) is 1. The van der Waals surface area contributed by atoms with Gasteiger partial charge >= 0.3 is 6.18 Å². The first-order valence-corrected chi connectivity index (χ1v) is 11.7. The Balaban J connectivity index is 1.52. The third-order valence-electron chi connectivity index (χ3n) is 7.09. The van der Waals surface area contributed by atoms with Gasteiger partial charge in [-0.3, -0.25) is 9.78 Å². The van der Waals surface area contributed by atoms with Gasteiger partial charge in [-0.1, -0.05) is 0 Å². The normalized spacial score (nSPS) is 21.4. The van der Waals surface area contributed by atoms with Crippen molar-refractivity contribution in [1.82, 2.24) is 14.9 Å². The molecule has 1 saturated carbocycles. The first-order valence-electron chi connectivity index (χ1n) is 11.7. The molecule has 0 unspecified atom stereocenters. The Kier molecular flexibility index (Phi) is 6.04. The molecule has 10 heteroatoms. The van der Waals surface area contributed by atoms with Crippen molar-refractivity contribution >= 4 is 22.6 Å². The first-order chi connectivity index (χ1) is 17.2. The lowest BCUT2D eigenvalue weighted by Gasteiger charge is -2.31. The number of amides is 1. The number of nitrogens with zero attached hydrogens (tertiary/aromatic N) is 4. The standard InChI is InChI=1S/C26H24F3N5O2/c1-14-23-20(13-36-14)19-9-15(5-8-21(19)33-24(23)31)25(35)34(22-4-2-3-16(22)10-30)12-18-7-6-17(11-32-18)26(27,28)29/h5-9,11,14,16,22H,2-4,12-13H2,1H3,(H2,31,33)/t14-,16-,22-/m0/s1. The van der Waals surface area contributed by atoms with E-state index in [1.54, 1.807) is 23.1 Å². The van der Waals surface area contributed by atoms with Crippen LogP contribution in [0.5, 0.6) is 0 Å². The Morgan fingerprint density at radius 1 is 1.28 bits per heavy atom. The average molecular weight is 496 g/mol. The average Bonchev–Trinajstić information content (AvgIpc) is 3.49. The second-order valence-electron chi connectivity index (χ2n) is 9.28. The van der Waals surface area contributed by atoms with E-state index in [2.05, 4.69) is 16.0 Å². The smallest absolute Gasteiger partial charge is 0.383 e. The molecule has 0 bridgehead atoms. The Morgan fingerprint density at radius 2 is 2.08 bits per heavy atom. The van der Waals surface area contributed by atoms with E-state index < -0.39 is 11.7 Å². The van der Waals surface area contributed by atoms with Crippen LogP contribution in [0.1, 0.15) is 65.0 Å². The number of halogens is 3. The third-order valence-corrected chi connectivity index (χ3v) is 7.09. The quantitative estimate of drug-likeness (QED) is 0.536. The van der Waals surface area contributed by atoms with Crippen LogP contribution in [0.15, 0.2) is 36.5 Å². The van der Waals surface area contributed by atoms with E-state index in [1.807, 2.05) is 6.92 Å². The number of pyridine rings is 2. The third kappa shape index (κ3) is 4.24. The van der Waals surface area contributed by atoms with E-state index in [9.17, 15) is 23.2 Å². The van der Waals surface area contributed by atoms with Gasteiger partial charge in [-0.05, 0) is 62.1 Å². The minimum atomic E-state index is -4.50. The molecule has 5 rings (SSSR count). The SMILES string of the molecule is C[C@@H]1OCc2c1c(N)nc1ccc(C(=O)N(Cc3ccc(C(F)(F)F)cn3)[C@H]3CCC[C@H]3C#N)cc21. The van der Waals surface area contributed by atoms with Crippen LogP contribution in [0.2, 0.25) is 0 Å². The van der Waals surface area contributed by atoms with Gasteiger partial charge in [0.25, 0.3) is 5.91 Å². The Labute approximate surface area is 205 Å². The van der Waals surface area contributed by atoms with Crippen LogP contribution >= 0.6 is 0 Å². The minimum Gasteiger partial charge on any atom is -0.383 e. The lowest BCUT2D eigenvalue weighted by Crippen LogP contribution is -2.41. The topological polar surface area (TPSA) is 105 Å². The molecule has 1 aliphatic heterocycles. The number of nitriles is 1. The molecule has 0 radical (unpaired) electrons. The summed E-state index contributed by atoms with van der Waals surface area (Å²) in [6.45, 7) is 2.25. The molecule has 3 aromatic rings. The number of nitrogen functional groups attached to an aromatic ring is 1. The van der Waals surface area contributed by atoms with Crippen molar-refractivity contribution in [2.75, 3.05) is 5.73 Å². The summed E-state index contributed by atoms with van der Waals surface area (Å²) in [5.74, 6) is -0.272. The van der Waals surface area contributed by atoms with Gasteiger partial charge in [-0.25, -0.2) is 4.98 Å². The highest BCUT2D eigenvalue weighted by atomic mass is 19.4.